The van der Waals surface area contributed by atoms with Crippen LogP contribution >= 0.6 is 12.0 Å². The van der Waals surface area contributed by atoms with E-state index < -0.39 is 0 Å². The maximum absolute atomic E-state index is 5.92. The summed E-state index contributed by atoms with van der Waals surface area (Å²) in [5, 5.41) is 2.46. The van der Waals surface area contributed by atoms with Crippen molar-refractivity contribution in [3.63, 3.8) is 0 Å². The minimum atomic E-state index is 0.620. The Labute approximate surface area is 164 Å². The summed E-state index contributed by atoms with van der Waals surface area (Å²) in [5.41, 5.74) is 1.14. The number of ether oxygens (including phenoxy) is 2. The van der Waals surface area contributed by atoms with Gasteiger partial charge in [0, 0.05) is 18.1 Å². The third-order valence-corrected chi connectivity index (χ3v) is 5.54. The second-order valence-corrected chi connectivity index (χ2v) is 7.70. The van der Waals surface area contributed by atoms with Crippen LogP contribution in [0.25, 0.3) is 10.8 Å². The van der Waals surface area contributed by atoms with Crippen molar-refractivity contribution >= 4 is 22.8 Å². The predicted octanol–water partition coefficient (Wildman–Crippen LogP) is 5.87. The Kier molecular flexibility index (Phi) is 6.30. The minimum Gasteiger partial charge on any atom is -0.421 e. The predicted molar refractivity (Wildman–Crippen MR) is 110 cm³/mol. The van der Waals surface area contributed by atoms with Gasteiger partial charge in [-0.05, 0) is 59.4 Å². The van der Waals surface area contributed by atoms with Crippen LogP contribution in [0.2, 0.25) is 0 Å². The van der Waals surface area contributed by atoms with Gasteiger partial charge in [0.15, 0.2) is 0 Å². The van der Waals surface area contributed by atoms with Crippen molar-refractivity contribution in [1.29, 1.82) is 0 Å². The molecule has 0 radical (unpaired) electrons. The molecule has 1 aliphatic rings. The van der Waals surface area contributed by atoms with Crippen LogP contribution in [0.4, 0.5) is 0 Å². The summed E-state index contributed by atoms with van der Waals surface area (Å²) in [4.78, 5) is 1.09. The van der Waals surface area contributed by atoms with Gasteiger partial charge in [0.2, 0.25) is 0 Å². The lowest BCUT2D eigenvalue weighted by Gasteiger charge is -2.21. The van der Waals surface area contributed by atoms with Crippen LogP contribution < -0.4 is 4.18 Å². The third kappa shape index (κ3) is 5.25. The summed E-state index contributed by atoms with van der Waals surface area (Å²) in [6.07, 6.45) is 2.21. The highest BCUT2D eigenvalue weighted by Gasteiger charge is 2.13. The second kappa shape index (κ2) is 9.27. The van der Waals surface area contributed by atoms with Crippen molar-refractivity contribution < 1.29 is 13.7 Å². The molecule has 0 saturated carbocycles. The molecule has 0 N–H and O–H groups in total. The van der Waals surface area contributed by atoms with Gasteiger partial charge in [-0.1, -0.05) is 42.5 Å². The fourth-order valence-electron chi connectivity index (χ4n) is 3.26. The van der Waals surface area contributed by atoms with Crippen LogP contribution in [-0.2, 0) is 16.1 Å². The molecule has 4 heteroatoms. The first-order valence-corrected chi connectivity index (χ1v) is 10.2. The van der Waals surface area contributed by atoms with Gasteiger partial charge in [-0.15, -0.1) is 0 Å². The van der Waals surface area contributed by atoms with Gasteiger partial charge < -0.3 is 13.7 Å². The molecule has 0 spiro atoms. The highest BCUT2D eigenvalue weighted by Crippen LogP contribution is 2.27. The van der Waals surface area contributed by atoms with E-state index in [2.05, 4.69) is 54.6 Å². The Balaban J connectivity index is 1.30. The van der Waals surface area contributed by atoms with Crippen LogP contribution in [0.1, 0.15) is 18.4 Å². The van der Waals surface area contributed by atoms with Crippen molar-refractivity contribution in [3.05, 3.63) is 72.3 Å². The van der Waals surface area contributed by atoms with Gasteiger partial charge in [0.1, 0.15) is 5.75 Å². The van der Waals surface area contributed by atoms with Crippen LogP contribution in [-0.4, -0.2) is 19.8 Å². The lowest BCUT2D eigenvalue weighted by Crippen LogP contribution is -2.20. The number of hydrogen-bond donors (Lipinski definition) is 0. The summed E-state index contributed by atoms with van der Waals surface area (Å²) >= 11 is 1.39. The number of benzene rings is 3. The molecular weight excluding hydrogens is 356 g/mol. The van der Waals surface area contributed by atoms with E-state index in [9.17, 15) is 0 Å². The monoisotopic (exact) mass is 380 g/mol. The molecule has 1 saturated heterocycles. The van der Waals surface area contributed by atoms with E-state index in [1.807, 2.05) is 12.1 Å². The van der Waals surface area contributed by atoms with Crippen LogP contribution in [0, 0.1) is 5.92 Å². The van der Waals surface area contributed by atoms with E-state index in [4.69, 9.17) is 13.7 Å². The first-order chi connectivity index (χ1) is 13.4. The molecule has 4 rings (SSSR count). The molecule has 1 aliphatic heterocycles. The normalized spacial score (nSPS) is 15.1. The molecule has 3 aromatic carbocycles. The highest BCUT2D eigenvalue weighted by atomic mass is 32.2. The van der Waals surface area contributed by atoms with Gasteiger partial charge in [-0.25, -0.2) is 0 Å². The summed E-state index contributed by atoms with van der Waals surface area (Å²) in [6.45, 7) is 3.15. The van der Waals surface area contributed by atoms with Gasteiger partial charge >= 0.3 is 0 Å². The molecule has 3 nitrogen and oxygen atoms in total. The first-order valence-electron chi connectivity index (χ1n) is 9.44. The SMILES string of the molecule is c1cc(COCC2CCOCC2)cc(OSc2ccc3ccccc3c2)c1. The average Bonchev–Trinajstić information content (AvgIpc) is 2.73. The van der Waals surface area contributed by atoms with Crippen LogP contribution in [0.3, 0.4) is 0 Å². The second-order valence-electron chi connectivity index (χ2n) is 6.89. The Hall–Kier alpha value is -2.01. The molecule has 3 aromatic rings. The van der Waals surface area contributed by atoms with Crippen molar-refractivity contribution in [1.82, 2.24) is 0 Å². The zero-order chi connectivity index (χ0) is 18.3. The molecule has 140 valence electrons. The van der Waals surface area contributed by atoms with Crippen molar-refractivity contribution in [2.75, 3.05) is 19.8 Å². The van der Waals surface area contributed by atoms with Crippen LogP contribution in [0.5, 0.6) is 5.75 Å². The zero-order valence-corrected chi connectivity index (χ0v) is 16.1. The highest BCUT2D eigenvalue weighted by molar-refractivity contribution is 7.95. The van der Waals surface area contributed by atoms with E-state index in [1.54, 1.807) is 0 Å². The van der Waals surface area contributed by atoms with Gasteiger partial charge in [-0.3, -0.25) is 0 Å². The van der Waals surface area contributed by atoms with Crippen molar-refractivity contribution in [2.24, 2.45) is 5.92 Å². The maximum atomic E-state index is 5.92. The molecule has 1 fully saturated rings. The number of fused-ring (bicyclic) bond motifs is 1. The van der Waals surface area contributed by atoms with Gasteiger partial charge in [0.05, 0.1) is 25.3 Å². The largest absolute Gasteiger partial charge is 0.421 e. The molecule has 27 heavy (non-hydrogen) atoms. The van der Waals surface area contributed by atoms with E-state index in [0.29, 0.717) is 12.5 Å². The maximum Gasteiger partial charge on any atom is 0.138 e. The average molecular weight is 381 g/mol. The Morgan fingerprint density at radius 1 is 0.889 bits per heavy atom. The topological polar surface area (TPSA) is 27.7 Å². The smallest absolute Gasteiger partial charge is 0.138 e. The Morgan fingerprint density at radius 2 is 1.74 bits per heavy atom. The Morgan fingerprint density at radius 3 is 2.63 bits per heavy atom. The number of hydrogen-bond acceptors (Lipinski definition) is 4. The molecule has 0 aromatic heterocycles. The van der Waals surface area contributed by atoms with Crippen molar-refractivity contribution in [3.8, 4) is 5.75 Å². The van der Waals surface area contributed by atoms with E-state index in [-0.39, 0.29) is 0 Å². The first kappa shape index (κ1) is 18.4. The summed E-state index contributed by atoms with van der Waals surface area (Å²) < 4.78 is 17.2. The zero-order valence-electron chi connectivity index (χ0n) is 15.3. The molecule has 1 heterocycles. The number of rotatable bonds is 7. The fraction of sp³-hybridized carbons (Fsp3) is 0.304. The summed E-state index contributed by atoms with van der Waals surface area (Å²) in [5.74, 6) is 1.47. The standard InChI is InChI=1S/C23H24O3S/c1-2-6-21-15-23(9-8-20(21)5-1)27-26-22-7-3-4-19(14-22)17-25-16-18-10-12-24-13-11-18/h1-9,14-15,18H,10-13,16-17H2. The van der Waals surface area contributed by atoms with E-state index in [1.165, 1.54) is 22.8 Å². The molecular formula is C23H24O3S. The lowest BCUT2D eigenvalue weighted by molar-refractivity contribution is 0.0157. The summed E-state index contributed by atoms with van der Waals surface area (Å²) in [6, 6.07) is 22.9. The summed E-state index contributed by atoms with van der Waals surface area (Å²) in [7, 11) is 0. The lowest BCUT2D eigenvalue weighted by atomic mass is 10.0. The third-order valence-electron chi connectivity index (χ3n) is 4.82. The van der Waals surface area contributed by atoms with E-state index >= 15 is 0 Å². The molecule has 0 atom stereocenters. The van der Waals surface area contributed by atoms with Gasteiger partial charge in [-0.2, -0.15) is 0 Å². The molecule has 0 amide bonds. The Bertz CT molecular complexity index is 874. The minimum absolute atomic E-state index is 0.620. The quantitative estimate of drug-likeness (QED) is 0.479. The van der Waals surface area contributed by atoms with Crippen LogP contribution in [0.15, 0.2) is 71.6 Å². The van der Waals surface area contributed by atoms with Crippen molar-refractivity contribution in [2.45, 2.75) is 24.3 Å². The molecule has 0 bridgehead atoms. The van der Waals surface area contributed by atoms with Gasteiger partial charge in [0.25, 0.3) is 0 Å². The fourth-order valence-corrected chi connectivity index (χ4v) is 3.85. The molecule has 0 unspecified atom stereocenters. The van der Waals surface area contributed by atoms with E-state index in [0.717, 1.165) is 48.9 Å². The molecule has 0 aliphatic carbocycles.